The molecule has 37 heavy (non-hydrogen) atoms. The number of nitrogens with two attached hydrogens (primary N) is 2. The van der Waals surface area contributed by atoms with Gasteiger partial charge >= 0.3 is 12.1 Å². The molecular formula is C26H22N4O7. The molecule has 5 N–H and O–H groups in total. The molecule has 0 bridgehead atoms. The van der Waals surface area contributed by atoms with E-state index in [2.05, 4.69) is 0 Å². The van der Waals surface area contributed by atoms with Crippen molar-refractivity contribution in [1.29, 1.82) is 0 Å². The van der Waals surface area contributed by atoms with E-state index >= 15 is 0 Å². The van der Waals surface area contributed by atoms with Crippen molar-refractivity contribution in [3.05, 3.63) is 53.6 Å². The minimum atomic E-state index is -1.20. The van der Waals surface area contributed by atoms with Gasteiger partial charge in [0.25, 0.3) is 0 Å². The number of imide groups is 6. The van der Waals surface area contributed by atoms with Crippen LogP contribution in [0.1, 0.15) is 24.3 Å². The summed E-state index contributed by atoms with van der Waals surface area (Å²) in [4.78, 5) is 77.5. The summed E-state index contributed by atoms with van der Waals surface area (Å²) in [5, 5.41) is 12.6. The molecule has 188 valence electrons. The third-order valence-electron chi connectivity index (χ3n) is 8.36. The van der Waals surface area contributed by atoms with E-state index in [1.807, 2.05) is 12.1 Å². The van der Waals surface area contributed by atoms with Gasteiger partial charge in [-0.3, -0.25) is 19.2 Å². The first kappa shape index (κ1) is 22.9. The number of nitrogens with zero attached hydrogens (tertiary/aromatic N) is 2. The Hall–Kier alpha value is -4.54. The van der Waals surface area contributed by atoms with Gasteiger partial charge in [-0.25, -0.2) is 9.59 Å². The van der Waals surface area contributed by atoms with Gasteiger partial charge in [0.1, 0.15) is 5.75 Å². The van der Waals surface area contributed by atoms with Crippen molar-refractivity contribution in [3.63, 3.8) is 0 Å². The number of aromatic hydroxyl groups is 1. The Morgan fingerprint density at radius 2 is 1.41 bits per heavy atom. The monoisotopic (exact) mass is 502 g/mol. The SMILES string of the molecule is NC(=O)N1C(=O)[C@H]2[C@H](CC=C3[C@H]2C[C@H]2C(=O)N(C(N)=O)C(=O)[C@H]2[C@H]3c2ccc3ccccc3c2O)C1=O. The summed E-state index contributed by atoms with van der Waals surface area (Å²) in [5.41, 5.74) is 11.6. The number of fused-ring (bicyclic) bond motifs is 5. The van der Waals surface area contributed by atoms with E-state index in [-0.39, 0.29) is 18.6 Å². The third-order valence-corrected chi connectivity index (χ3v) is 8.36. The first-order valence-electron chi connectivity index (χ1n) is 11.9. The Kier molecular flexibility index (Phi) is 4.78. The molecule has 11 nitrogen and oxygen atoms in total. The van der Waals surface area contributed by atoms with E-state index < -0.39 is 71.2 Å². The lowest BCUT2D eigenvalue weighted by Gasteiger charge is -2.44. The summed E-state index contributed by atoms with van der Waals surface area (Å²) >= 11 is 0. The zero-order valence-electron chi connectivity index (χ0n) is 19.4. The van der Waals surface area contributed by atoms with Gasteiger partial charge < -0.3 is 16.6 Å². The van der Waals surface area contributed by atoms with Crippen molar-refractivity contribution in [2.45, 2.75) is 18.8 Å². The second-order valence-corrected chi connectivity index (χ2v) is 9.95. The maximum atomic E-state index is 13.4. The number of carbonyl (C=O) groups is 6. The van der Waals surface area contributed by atoms with Crippen LogP contribution in [0.2, 0.25) is 0 Å². The van der Waals surface area contributed by atoms with E-state index in [9.17, 15) is 33.9 Å². The molecule has 2 aromatic carbocycles. The van der Waals surface area contributed by atoms with Gasteiger partial charge in [0.2, 0.25) is 23.6 Å². The molecule has 6 atom stereocenters. The standard InChI is InChI=1S/C26H22N4O7/c27-25(36)29-21(32)14-8-7-12-15(18(14)23(29)34)9-16-19(24(35)30(22(16)33)26(28)37)17(12)13-6-5-10-3-1-2-4-11(10)20(13)31/h1-7,14-19,31H,8-9H2,(H2,27,36)(H2,28,37)/t14-,15+,16+,17+,18-,19+/m0/s1. The van der Waals surface area contributed by atoms with Crippen molar-refractivity contribution >= 4 is 46.5 Å². The van der Waals surface area contributed by atoms with Crippen LogP contribution in [0.25, 0.3) is 10.8 Å². The zero-order chi connectivity index (χ0) is 26.3. The Morgan fingerprint density at radius 3 is 2.08 bits per heavy atom. The quantitative estimate of drug-likeness (QED) is 0.388. The molecule has 6 rings (SSSR count). The lowest BCUT2D eigenvalue weighted by atomic mass is 9.57. The summed E-state index contributed by atoms with van der Waals surface area (Å²) in [6.07, 6.45) is 1.87. The van der Waals surface area contributed by atoms with E-state index in [1.165, 1.54) is 0 Å². The van der Waals surface area contributed by atoms with Gasteiger partial charge in [0, 0.05) is 16.9 Å². The lowest BCUT2D eigenvalue weighted by Crippen LogP contribution is -2.44. The molecule has 2 saturated heterocycles. The molecular weight excluding hydrogens is 480 g/mol. The van der Waals surface area contributed by atoms with E-state index in [4.69, 9.17) is 11.5 Å². The lowest BCUT2D eigenvalue weighted by molar-refractivity contribution is -0.138. The van der Waals surface area contributed by atoms with Crippen LogP contribution in [-0.4, -0.2) is 50.6 Å². The molecule has 2 heterocycles. The van der Waals surface area contributed by atoms with Crippen molar-refractivity contribution in [2.75, 3.05) is 0 Å². The van der Waals surface area contributed by atoms with E-state index in [0.717, 1.165) is 5.39 Å². The molecule has 2 aliphatic carbocycles. The molecule has 4 aliphatic rings. The Balaban J connectivity index is 1.55. The van der Waals surface area contributed by atoms with Gasteiger partial charge in [0.15, 0.2) is 0 Å². The highest BCUT2D eigenvalue weighted by Crippen LogP contribution is 2.59. The maximum Gasteiger partial charge on any atom is 0.328 e. The summed E-state index contributed by atoms with van der Waals surface area (Å²) in [6.45, 7) is 0. The fourth-order valence-corrected chi connectivity index (χ4v) is 6.89. The number of carbonyl (C=O) groups excluding carboxylic acids is 6. The third kappa shape index (κ3) is 2.93. The van der Waals surface area contributed by atoms with Crippen molar-refractivity contribution in [3.8, 4) is 5.75 Å². The molecule has 0 unspecified atom stereocenters. The Labute approximate surface area is 209 Å². The topological polar surface area (TPSA) is 181 Å². The molecule has 11 heteroatoms. The number of urea groups is 2. The molecule has 1 saturated carbocycles. The molecule has 2 aliphatic heterocycles. The van der Waals surface area contributed by atoms with Crippen LogP contribution in [0.5, 0.6) is 5.75 Å². The second-order valence-electron chi connectivity index (χ2n) is 9.95. The molecule has 3 fully saturated rings. The number of phenolic OH excluding ortho intramolecular Hbond substituents is 1. The Morgan fingerprint density at radius 1 is 0.784 bits per heavy atom. The van der Waals surface area contributed by atoms with Crippen LogP contribution in [0.4, 0.5) is 9.59 Å². The van der Waals surface area contributed by atoms with Crippen LogP contribution in [0, 0.1) is 29.6 Å². The predicted octanol–water partition coefficient (Wildman–Crippen LogP) is 1.34. The van der Waals surface area contributed by atoms with Crippen LogP contribution in [0.3, 0.4) is 0 Å². The van der Waals surface area contributed by atoms with Gasteiger partial charge in [0.05, 0.1) is 23.7 Å². The summed E-state index contributed by atoms with van der Waals surface area (Å²) in [7, 11) is 0. The number of hydrogen-bond acceptors (Lipinski definition) is 7. The highest BCUT2D eigenvalue weighted by atomic mass is 16.3. The minimum Gasteiger partial charge on any atom is -0.507 e. The molecule has 0 spiro atoms. The smallest absolute Gasteiger partial charge is 0.328 e. The number of likely N-dealkylation sites (tertiary alicyclic amines) is 2. The van der Waals surface area contributed by atoms with Crippen molar-refractivity contribution < 1.29 is 33.9 Å². The highest BCUT2D eigenvalue weighted by Gasteiger charge is 2.63. The number of benzene rings is 2. The van der Waals surface area contributed by atoms with Gasteiger partial charge in [-0.15, -0.1) is 0 Å². The molecule has 8 amide bonds. The molecule has 0 aromatic heterocycles. The van der Waals surface area contributed by atoms with Crippen LogP contribution < -0.4 is 11.5 Å². The molecule has 0 radical (unpaired) electrons. The van der Waals surface area contributed by atoms with Crippen molar-refractivity contribution in [2.24, 2.45) is 41.1 Å². The number of primary amides is 2. The summed E-state index contributed by atoms with van der Waals surface area (Å²) < 4.78 is 0. The number of allylic oxidation sites excluding steroid dienone is 2. The van der Waals surface area contributed by atoms with Crippen LogP contribution >= 0.6 is 0 Å². The van der Waals surface area contributed by atoms with Crippen molar-refractivity contribution in [1.82, 2.24) is 9.80 Å². The Bertz CT molecular complexity index is 1500. The second kappa shape index (κ2) is 7.73. The maximum absolute atomic E-state index is 13.4. The predicted molar refractivity (Wildman–Crippen MR) is 126 cm³/mol. The average molecular weight is 502 g/mol. The fourth-order valence-electron chi connectivity index (χ4n) is 6.89. The minimum absolute atomic E-state index is 0.00247. The van der Waals surface area contributed by atoms with Gasteiger partial charge in [-0.1, -0.05) is 48.0 Å². The van der Waals surface area contributed by atoms with E-state index in [1.54, 1.807) is 30.3 Å². The summed E-state index contributed by atoms with van der Waals surface area (Å²) in [6, 6.07) is 8.17. The summed E-state index contributed by atoms with van der Waals surface area (Å²) in [5.74, 6) is -8.48. The van der Waals surface area contributed by atoms with E-state index in [0.29, 0.717) is 26.3 Å². The first-order chi connectivity index (χ1) is 17.6. The van der Waals surface area contributed by atoms with Crippen LogP contribution in [-0.2, 0) is 19.2 Å². The van der Waals surface area contributed by atoms with Crippen LogP contribution in [0.15, 0.2) is 48.0 Å². The number of rotatable bonds is 1. The first-order valence-corrected chi connectivity index (χ1v) is 11.9. The number of hydrogen-bond donors (Lipinski definition) is 3. The highest BCUT2D eigenvalue weighted by molar-refractivity contribution is 6.18. The normalized spacial score (nSPS) is 30.8. The van der Waals surface area contributed by atoms with Gasteiger partial charge in [-0.05, 0) is 24.1 Å². The number of amides is 8. The zero-order valence-corrected chi connectivity index (χ0v) is 19.4. The van der Waals surface area contributed by atoms with Gasteiger partial charge in [-0.2, -0.15) is 9.80 Å². The fraction of sp³-hybridized carbons (Fsp3) is 0.308. The largest absolute Gasteiger partial charge is 0.507 e. The molecule has 2 aromatic rings. The number of phenols is 1. The average Bonchev–Trinajstić information content (AvgIpc) is 3.27.